The SMILES string of the molecule is CC.CC.COC(=O)CC(=O)Nc1ccc(Oc2ccc(O)c(C=O)c2)cc1. The van der Waals surface area contributed by atoms with Crippen LogP contribution in [-0.2, 0) is 14.3 Å². The maximum atomic E-state index is 11.6. The second-order valence-corrected chi connectivity index (χ2v) is 4.77. The number of benzene rings is 2. The Morgan fingerprint density at radius 1 is 1.00 bits per heavy atom. The molecule has 1 amide bonds. The highest BCUT2D eigenvalue weighted by atomic mass is 16.5. The van der Waals surface area contributed by atoms with Gasteiger partial charge in [0, 0.05) is 5.69 Å². The predicted molar refractivity (Wildman–Crippen MR) is 108 cm³/mol. The van der Waals surface area contributed by atoms with Crippen molar-refractivity contribution in [2.45, 2.75) is 34.1 Å². The van der Waals surface area contributed by atoms with Crippen molar-refractivity contribution in [3.8, 4) is 17.2 Å². The van der Waals surface area contributed by atoms with Gasteiger partial charge in [-0.1, -0.05) is 27.7 Å². The van der Waals surface area contributed by atoms with Gasteiger partial charge in [0.15, 0.2) is 6.29 Å². The summed E-state index contributed by atoms with van der Waals surface area (Å²) in [5.74, 6) is -0.364. The average molecular weight is 389 g/mol. The number of carbonyl (C=O) groups excluding carboxylic acids is 3. The molecule has 0 unspecified atom stereocenters. The van der Waals surface area contributed by atoms with Crippen molar-refractivity contribution in [3.63, 3.8) is 0 Å². The van der Waals surface area contributed by atoms with Crippen LogP contribution in [0.3, 0.4) is 0 Å². The van der Waals surface area contributed by atoms with Crippen molar-refractivity contribution in [1.82, 2.24) is 0 Å². The van der Waals surface area contributed by atoms with E-state index in [0.717, 1.165) is 0 Å². The van der Waals surface area contributed by atoms with Crippen molar-refractivity contribution < 1.29 is 29.0 Å². The fourth-order valence-corrected chi connectivity index (χ4v) is 1.84. The fraction of sp³-hybridized carbons (Fsp3) is 0.286. The van der Waals surface area contributed by atoms with Gasteiger partial charge in [-0.2, -0.15) is 0 Å². The minimum absolute atomic E-state index is 0.124. The highest BCUT2D eigenvalue weighted by Crippen LogP contribution is 2.27. The summed E-state index contributed by atoms with van der Waals surface area (Å²) in [6.45, 7) is 8.00. The summed E-state index contributed by atoms with van der Waals surface area (Å²) in [4.78, 5) is 33.3. The Balaban J connectivity index is 0.00000171. The number of aldehydes is 1. The molecule has 2 aromatic carbocycles. The zero-order valence-electron chi connectivity index (χ0n) is 16.8. The number of nitrogens with one attached hydrogen (secondary N) is 1. The summed E-state index contributed by atoms with van der Waals surface area (Å²) in [5.41, 5.74) is 0.620. The van der Waals surface area contributed by atoms with Crippen LogP contribution in [0.2, 0.25) is 0 Å². The molecule has 0 bridgehead atoms. The van der Waals surface area contributed by atoms with E-state index in [-0.39, 0.29) is 17.7 Å². The molecule has 0 atom stereocenters. The number of carbonyl (C=O) groups is 3. The molecule has 0 aliphatic carbocycles. The quantitative estimate of drug-likeness (QED) is 0.427. The maximum absolute atomic E-state index is 11.6. The van der Waals surface area contributed by atoms with Gasteiger partial charge in [-0.3, -0.25) is 14.4 Å². The molecule has 152 valence electrons. The highest BCUT2D eigenvalue weighted by Gasteiger charge is 2.09. The van der Waals surface area contributed by atoms with Gasteiger partial charge >= 0.3 is 5.97 Å². The van der Waals surface area contributed by atoms with Crippen LogP contribution >= 0.6 is 0 Å². The largest absolute Gasteiger partial charge is 0.507 e. The summed E-state index contributed by atoms with van der Waals surface area (Å²) in [7, 11) is 1.21. The molecule has 7 heteroatoms. The first-order valence-corrected chi connectivity index (χ1v) is 8.94. The van der Waals surface area contributed by atoms with E-state index in [2.05, 4.69) is 10.1 Å². The summed E-state index contributed by atoms with van der Waals surface area (Å²) >= 11 is 0. The smallest absolute Gasteiger partial charge is 0.315 e. The van der Waals surface area contributed by atoms with Crippen molar-refractivity contribution in [1.29, 1.82) is 0 Å². The van der Waals surface area contributed by atoms with E-state index in [1.54, 1.807) is 24.3 Å². The molecular weight excluding hydrogens is 362 g/mol. The van der Waals surface area contributed by atoms with Crippen LogP contribution < -0.4 is 10.1 Å². The lowest BCUT2D eigenvalue weighted by molar-refractivity contribution is -0.142. The Morgan fingerprint density at radius 3 is 2.11 bits per heavy atom. The van der Waals surface area contributed by atoms with Crippen LogP contribution in [0.1, 0.15) is 44.5 Å². The van der Waals surface area contributed by atoms with Gasteiger partial charge in [0.2, 0.25) is 5.91 Å². The summed E-state index contributed by atoms with van der Waals surface area (Å²) in [6.07, 6.45) is 0.166. The molecule has 0 saturated carbocycles. The van der Waals surface area contributed by atoms with Crippen LogP contribution in [0.5, 0.6) is 17.2 Å². The molecule has 2 N–H and O–H groups in total. The van der Waals surface area contributed by atoms with E-state index in [4.69, 9.17) is 4.74 Å². The lowest BCUT2D eigenvalue weighted by atomic mass is 10.2. The first kappa shape index (κ1) is 24.7. The topological polar surface area (TPSA) is 102 Å². The molecule has 0 aromatic heterocycles. The Bertz CT molecular complexity index is 756. The molecule has 0 aliphatic rings. The third kappa shape index (κ3) is 8.35. The molecule has 0 radical (unpaired) electrons. The molecule has 28 heavy (non-hydrogen) atoms. The number of hydrogen-bond acceptors (Lipinski definition) is 6. The third-order valence-corrected chi connectivity index (χ3v) is 3.03. The van der Waals surface area contributed by atoms with Crippen LogP contribution in [0.25, 0.3) is 0 Å². The first-order chi connectivity index (χ1) is 13.5. The second kappa shape index (κ2) is 13.8. The van der Waals surface area contributed by atoms with Crippen molar-refractivity contribution in [2.24, 2.45) is 0 Å². The van der Waals surface area contributed by atoms with Gasteiger partial charge in [0.05, 0.1) is 12.7 Å². The number of hydrogen-bond donors (Lipinski definition) is 2. The van der Waals surface area contributed by atoms with Crippen molar-refractivity contribution in [2.75, 3.05) is 12.4 Å². The highest BCUT2D eigenvalue weighted by molar-refractivity contribution is 6.01. The lowest BCUT2D eigenvalue weighted by Gasteiger charge is -2.08. The van der Waals surface area contributed by atoms with Gasteiger partial charge < -0.3 is 19.9 Å². The lowest BCUT2D eigenvalue weighted by Crippen LogP contribution is -2.17. The van der Waals surface area contributed by atoms with Crippen molar-refractivity contribution >= 4 is 23.9 Å². The van der Waals surface area contributed by atoms with E-state index < -0.39 is 11.9 Å². The zero-order chi connectivity index (χ0) is 21.5. The Labute approximate surface area is 165 Å². The fourth-order valence-electron chi connectivity index (χ4n) is 1.84. The number of aromatic hydroxyl groups is 1. The average Bonchev–Trinajstić information content (AvgIpc) is 2.73. The third-order valence-electron chi connectivity index (χ3n) is 3.03. The first-order valence-electron chi connectivity index (χ1n) is 8.94. The summed E-state index contributed by atoms with van der Waals surface area (Å²) < 4.78 is 9.97. The summed E-state index contributed by atoms with van der Waals surface area (Å²) in [6, 6.07) is 10.7. The normalized spacial score (nSPS) is 8.89. The van der Waals surface area contributed by atoms with E-state index in [9.17, 15) is 19.5 Å². The Morgan fingerprint density at radius 2 is 1.57 bits per heavy atom. The van der Waals surface area contributed by atoms with E-state index in [1.807, 2.05) is 27.7 Å². The van der Waals surface area contributed by atoms with Crippen LogP contribution in [0.4, 0.5) is 5.69 Å². The van der Waals surface area contributed by atoms with Gasteiger partial charge in [-0.05, 0) is 42.5 Å². The minimum Gasteiger partial charge on any atom is -0.507 e. The van der Waals surface area contributed by atoms with Gasteiger partial charge in [-0.15, -0.1) is 0 Å². The molecule has 0 spiro atoms. The zero-order valence-corrected chi connectivity index (χ0v) is 16.8. The van der Waals surface area contributed by atoms with Crippen LogP contribution in [0.15, 0.2) is 42.5 Å². The molecule has 0 aliphatic heterocycles. The van der Waals surface area contributed by atoms with Crippen LogP contribution in [0, 0.1) is 0 Å². The van der Waals surface area contributed by atoms with E-state index in [1.165, 1.54) is 25.3 Å². The number of amides is 1. The summed E-state index contributed by atoms with van der Waals surface area (Å²) in [5, 5.41) is 12.0. The molecule has 0 fully saturated rings. The predicted octanol–water partition coefficient (Wildman–Crippen LogP) is 4.55. The number of anilines is 1. The molecule has 0 saturated heterocycles. The number of esters is 1. The Kier molecular flexibility index (Phi) is 12.2. The van der Waals surface area contributed by atoms with Crippen LogP contribution in [-0.4, -0.2) is 30.4 Å². The van der Waals surface area contributed by atoms with Crippen molar-refractivity contribution in [3.05, 3.63) is 48.0 Å². The number of ether oxygens (including phenoxy) is 2. The molecule has 7 nitrogen and oxygen atoms in total. The van der Waals surface area contributed by atoms with Gasteiger partial charge in [-0.25, -0.2) is 0 Å². The number of methoxy groups -OCH3 is 1. The Hall–Kier alpha value is -3.35. The molecule has 0 heterocycles. The number of rotatable bonds is 6. The molecule has 2 aromatic rings. The maximum Gasteiger partial charge on any atom is 0.315 e. The number of phenolic OH excluding ortho intramolecular Hbond substituents is 1. The monoisotopic (exact) mass is 389 g/mol. The van der Waals surface area contributed by atoms with Gasteiger partial charge in [0.1, 0.15) is 23.7 Å². The molecule has 2 rings (SSSR count). The number of phenols is 1. The second-order valence-electron chi connectivity index (χ2n) is 4.77. The minimum atomic E-state index is -0.620. The van der Waals surface area contributed by atoms with E-state index >= 15 is 0 Å². The van der Waals surface area contributed by atoms with E-state index in [0.29, 0.717) is 23.5 Å². The molecular formula is C21H27NO6. The standard InChI is InChI=1S/C17H15NO6.2C2H6/c1-23-17(22)9-16(21)18-12-2-4-13(5-3-12)24-14-6-7-15(20)11(8-14)10-19;2*1-2/h2-8,10,20H,9H2,1H3,(H,18,21);2*1-2H3. The van der Waals surface area contributed by atoms with Gasteiger partial charge in [0.25, 0.3) is 0 Å².